The minimum absolute atomic E-state index is 0.448. The summed E-state index contributed by atoms with van der Waals surface area (Å²) in [5, 5.41) is 12.0. The first-order valence-electron chi connectivity index (χ1n) is 7.45. The van der Waals surface area contributed by atoms with Crippen molar-refractivity contribution in [3.8, 4) is 5.40 Å². The molecule has 18 heavy (non-hydrogen) atoms. The fraction of sp³-hybridized carbons (Fsp3) is 0.938. The zero-order valence-corrected chi connectivity index (χ0v) is 12.9. The molecule has 0 N–H and O–H groups in total. The third kappa shape index (κ3) is 1.52. The summed E-state index contributed by atoms with van der Waals surface area (Å²) in [6, 6.07) is 0. The van der Waals surface area contributed by atoms with Gasteiger partial charge in [-0.2, -0.15) is 5.26 Å². The Morgan fingerprint density at radius 1 is 1.22 bits per heavy atom. The van der Waals surface area contributed by atoms with Crippen molar-refractivity contribution in [2.75, 3.05) is 0 Å². The fourth-order valence-electron chi connectivity index (χ4n) is 5.93. The van der Waals surface area contributed by atoms with Crippen molar-refractivity contribution in [1.29, 1.82) is 5.26 Å². The summed E-state index contributed by atoms with van der Waals surface area (Å²) < 4.78 is 0. The van der Waals surface area contributed by atoms with Crippen LogP contribution in [0.5, 0.6) is 0 Å². The molecule has 4 bridgehead atoms. The molecule has 0 aliphatic heterocycles. The van der Waals surface area contributed by atoms with E-state index in [0.717, 1.165) is 23.7 Å². The van der Waals surface area contributed by atoms with E-state index in [9.17, 15) is 0 Å². The number of hydrogen-bond donors (Lipinski definition) is 0. The quantitative estimate of drug-likeness (QED) is 0.675. The Bertz CT molecular complexity index is 398. The molecule has 0 heterocycles. The van der Waals surface area contributed by atoms with Gasteiger partial charge in [0.1, 0.15) is 5.40 Å². The van der Waals surface area contributed by atoms with Gasteiger partial charge in [-0.05, 0) is 71.9 Å². The third-order valence-corrected chi connectivity index (χ3v) is 7.71. The molecule has 0 aromatic heterocycles. The lowest BCUT2D eigenvalue weighted by Crippen LogP contribution is -2.51. The summed E-state index contributed by atoms with van der Waals surface area (Å²) in [5.74, 6) is 3.58. The number of nitrogens with zero attached hydrogens (tertiary/aromatic N) is 1. The molecule has 4 saturated carbocycles. The van der Waals surface area contributed by atoms with Crippen molar-refractivity contribution in [3.05, 3.63) is 0 Å². The van der Waals surface area contributed by atoms with E-state index in [4.69, 9.17) is 5.26 Å². The monoisotopic (exact) mass is 263 g/mol. The van der Waals surface area contributed by atoms with Gasteiger partial charge in [0, 0.05) is 5.25 Å². The second kappa shape index (κ2) is 3.92. The topological polar surface area (TPSA) is 23.8 Å². The van der Waals surface area contributed by atoms with Gasteiger partial charge in [-0.25, -0.2) is 0 Å². The highest BCUT2D eigenvalue weighted by Gasteiger charge is 2.66. The van der Waals surface area contributed by atoms with Crippen molar-refractivity contribution < 1.29 is 0 Å². The molecule has 0 radical (unpaired) electrons. The van der Waals surface area contributed by atoms with Crippen LogP contribution in [0.25, 0.3) is 0 Å². The Morgan fingerprint density at radius 3 is 2.50 bits per heavy atom. The maximum absolute atomic E-state index is 9.07. The molecule has 0 spiro atoms. The lowest BCUT2D eigenvalue weighted by atomic mass is 9.47. The van der Waals surface area contributed by atoms with Gasteiger partial charge in [-0.3, -0.25) is 0 Å². The molecule has 0 saturated heterocycles. The number of rotatable bonds is 2. The van der Waals surface area contributed by atoms with Crippen molar-refractivity contribution in [1.82, 2.24) is 0 Å². The van der Waals surface area contributed by atoms with E-state index < -0.39 is 0 Å². The van der Waals surface area contributed by atoms with Crippen LogP contribution in [0, 0.1) is 45.2 Å². The Kier molecular flexibility index (Phi) is 2.80. The van der Waals surface area contributed by atoms with Crippen LogP contribution in [-0.2, 0) is 0 Å². The van der Waals surface area contributed by atoms with E-state index in [2.05, 4.69) is 33.1 Å². The Labute approximate surface area is 116 Å². The van der Waals surface area contributed by atoms with E-state index in [1.165, 1.54) is 25.7 Å². The van der Waals surface area contributed by atoms with Gasteiger partial charge in [0.25, 0.3) is 0 Å². The highest BCUT2D eigenvalue weighted by Crippen LogP contribution is 2.72. The SMILES string of the molecule is CC(C)[C@H]1C[C@@H]2[C@]3(C)C[C@H]1C[C@@]2(C)[C@@H](SC#N)C3. The molecule has 4 fully saturated rings. The number of fused-ring (bicyclic) bond motifs is 1. The summed E-state index contributed by atoms with van der Waals surface area (Å²) in [7, 11) is 0. The molecule has 4 aliphatic rings. The van der Waals surface area contributed by atoms with Gasteiger partial charge in [-0.1, -0.05) is 27.7 Å². The van der Waals surface area contributed by atoms with Crippen LogP contribution in [0.2, 0.25) is 0 Å². The van der Waals surface area contributed by atoms with Crippen LogP contribution in [0.15, 0.2) is 0 Å². The minimum atomic E-state index is 0.448. The maximum Gasteiger partial charge on any atom is 0.133 e. The summed E-state index contributed by atoms with van der Waals surface area (Å²) in [6.07, 6.45) is 5.53. The van der Waals surface area contributed by atoms with Gasteiger partial charge in [0.2, 0.25) is 0 Å². The molecule has 2 heteroatoms. The van der Waals surface area contributed by atoms with Crippen molar-refractivity contribution in [2.45, 2.75) is 58.6 Å². The number of nitriles is 1. The molecule has 6 atom stereocenters. The second-order valence-corrected chi connectivity index (χ2v) is 8.91. The summed E-state index contributed by atoms with van der Waals surface area (Å²) in [6.45, 7) is 9.80. The molecule has 0 aromatic carbocycles. The predicted octanol–water partition coefficient (Wildman–Crippen LogP) is 4.69. The van der Waals surface area contributed by atoms with Crippen LogP contribution in [0.1, 0.15) is 53.4 Å². The molecule has 0 unspecified atom stereocenters. The van der Waals surface area contributed by atoms with Gasteiger partial charge in [-0.15, -0.1) is 0 Å². The Balaban J connectivity index is 1.93. The van der Waals surface area contributed by atoms with Crippen LogP contribution in [0.4, 0.5) is 0 Å². The third-order valence-electron chi connectivity index (χ3n) is 6.62. The van der Waals surface area contributed by atoms with E-state index in [1.807, 2.05) is 0 Å². The number of hydrogen-bond acceptors (Lipinski definition) is 2. The van der Waals surface area contributed by atoms with E-state index in [0.29, 0.717) is 16.1 Å². The van der Waals surface area contributed by atoms with Crippen molar-refractivity contribution >= 4 is 11.8 Å². The Hall–Kier alpha value is -0.160. The largest absolute Gasteiger partial charge is 0.185 e. The number of thiocyanates is 1. The van der Waals surface area contributed by atoms with Crippen LogP contribution in [0.3, 0.4) is 0 Å². The van der Waals surface area contributed by atoms with Gasteiger partial charge < -0.3 is 0 Å². The summed E-state index contributed by atoms with van der Waals surface area (Å²) in [5.41, 5.74) is 0.987. The average Bonchev–Trinajstić information content (AvgIpc) is 2.41. The van der Waals surface area contributed by atoms with Crippen LogP contribution in [-0.4, -0.2) is 5.25 Å². The lowest BCUT2D eigenvalue weighted by molar-refractivity contribution is -0.0816. The zero-order valence-electron chi connectivity index (χ0n) is 12.1. The van der Waals surface area contributed by atoms with Gasteiger partial charge in [0.05, 0.1) is 0 Å². The van der Waals surface area contributed by atoms with Crippen molar-refractivity contribution in [3.63, 3.8) is 0 Å². The highest BCUT2D eigenvalue weighted by molar-refractivity contribution is 8.04. The van der Waals surface area contributed by atoms with E-state index in [-0.39, 0.29) is 0 Å². The molecule has 4 rings (SSSR count). The second-order valence-electron chi connectivity index (χ2n) is 7.93. The normalized spacial score (nSPS) is 53.8. The standard InChI is InChI=1S/C16H25NS/c1-10(2)12-5-13-15(3)6-11(12)7-16(13,4)14(8-15)18-9-17/h10-14H,5-8H2,1-4H3/t11-,12+,13+,14-,15+,16+/m0/s1. The van der Waals surface area contributed by atoms with Crippen molar-refractivity contribution in [2.24, 2.45) is 34.5 Å². The minimum Gasteiger partial charge on any atom is -0.185 e. The molecule has 0 aromatic rings. The molecule has 4 aliphatic carbocycles. The molecule has 0 amide bonds. The van der Waals surface area contributed by atoms with Crippen LogP contribution >= 0.6 is 11.8 Å². The first-order valence-corrected chi connectivity index (χ1v) is 8.33. The summed E-state index contributed by atoms with van der Waals surface area (Å²) >= 11 is 1.57. The smallest absolute Gasteiger partial charge is 0.133 e. The van der Waals surface area contributed by atoms with E-state index >= 15 is 0 Å². The first kappa shape index (κ1) is 12.9. The lowest BCUT2D eigenvalue weighted by Gasteiger charge is -2.58. The maximum atomic E-state index is 9.07. The van der Waals surface area contributed by atoms with E-state index in [1.54, 1.807) is 11.8 Å². The highest BCUT2D eigenvalue weighted by atomic mass is 32.2. The zero-order chi connectivity index (χ0) is 13.1. The Morgan fingerprint density at radius 2 is 1.94 bits per heavy atom. The average molecular weight is 263 g/mol. The molecule has 1 nitrogen and oxygen atoms in total. The summed E-state index contributed by atoms with van der Waals surface area (Å²) in [4.78, 5) is 0. The van der Waals surface area contributed by atoms with Gasteiger partial charge in [0.15, 0.2) is 0 Å². The predicted molar refractivity (Wildman–Crippen MR) is 77.0 cm³/mol. The fourth-order valence-corrected chi connectivity index (χ4v) is 7.05. The molecule has 100 valence electrons. The molecular weight excluding hydrogens is 238 g/mol. The van der Waals surface area contributed by atoms with Crippen LogP contribution < -0.4 is 0 Å². The first-order chi connectivity index (χ1) is 8.40. The number of thioether (sulfide) groups is 1. The van der Waals surface area contributed by atoms with Gasteiger partial charge >= 0.3 is 0 Å². The molecular formula is C16H25NS.